The number of nitrogens with one attached hydrogen (secondary N) is 1. The number of carbonyl (C=O) groups excluding carboxylic acids is 1. The van der Waals surface area contributed by atoms with Gasteiger partial charge in [-0.3, -0.25) is 4.79 Å². The third-order valence-electron chi connectivity index (χ3n) is 4.46. The molecule has 3 rings (SSSR count). The fourth-order valence-electron chi connectivity index (χ4n) is 2.90. The van der Waals surface area contributed by atoms with Crippen LogP contribution in [0.4, 0.5) is 0 Å². The molecule has 0 spiro atoms. The molecule has 0 radical (unpaired) electrons. The highest BCUT2D eigenvalue weighted by Crippen LogP contribution is 2.26. The lowest BCUT2D eigenvalue weighted by molar-refractivity contribution is -0.257. The average Bonchev–Trinajstić information content (AvgIpc) is 3.15. The average molecular weight is 393 g/mol. The van der Waals surface area contributed by atoms with Crippen LogP contribution in [-0.4, -0.2) is 84.1 Å². The number of tetrazole rings is 1. The van der Waals surface area contributed by atoms with Crippen molar-refractivity contribution in [1.29, 1.82) is 0 Å². The Morgan fingerprint density at radius 3 is 2.61 bits per heavy atom. The molecule has 2 aromatic rings. The van der Waals surface area contributed by atoms with Crippen LogP contribution in [0.2, 0.25) is 0 Å². The van der Waals surface area contributed by atoms with Gasteiger partial charge in [-0.05, 0) is 17.2 Å². The van der Waals surface area contributed by atoms with Gasteiger partial charge in [0.1, 0.15) is 24.4 Å². The molecule has 1 aliphatic rings. The van der Waals surface area contributed by atoms with Gasteiger partial charge in [-0.25, -0.2) is 0 Å². The Bertz CT molecular complexity index is 770. The molecule has 5 N–H and O–H groups in total. The van der Waals surface area contributed by atoms with Gasteiger partial charge in [0.05, 0.1) is 13.0 Å². The first-order chi connectivity index (χ1) is 13.5. The van der Waals surface area contributed by atoms with Crippen LogP contribution < -0.4 is 5.32 Å². The molecule has 0 saturated carbocycles. The minimum Gasteiger partial charge on any atom is -0.394 e. The van der Waals surface area contributed by atoms with Gasteiger partial charge >= 0.3 is 0 Å². The molecule has 1 aromatic carbocycles. The molecule has 1 aliphatic heterocycles. The summed E-state index contributed by atoms with van der Waals surface area (Å²) in [5, 5.41) is 53.2. The highest BCUT2D eigenvalue weighted by atomic mass is 16.6. The molecule has 28 heavy (non-hydrogen) atoms. The second kappa shape index (κ2) is 9.17. The van der Waals surface area contributed by atoms with Crippen LogP contribution in [0, 0.1) is 0 Å². The monoisotopic (exact) mass is 393 g/mol. The normalized spacial score (nSPS) is 27.5. The lowest BCUT2D eigenvalue weighted by Gasteiger charge is -2.38. The van der Waals surface area contributed by atoms with Gasteiger partial charge in [0.25, 0.3) is 0 Å². The summed E-state index contributed by atoms with van der Waals surface area (Å²) in [7, 11) is 0. The first kappa shape index (κ1) is 20.3. The Morgan fingerprint density at radius 1 is 1.14 bits per heavy atom. The van der Waals surface area contributed by atoms with Gasteiger partial charge in [0.2, 0.25) is 5.91 Å². The molecule has 0 aliphatic carbocycles. The number of hydrogen-bond donors (Lipinski definition) is 5. The van der Waals surface area contributed by atoms with E-state index in [-0.39, 0.29) is 18.2 Å². The Kier molecular flexibility index (Phi) is 6.65. The number of ether oxygens (including phenoxy) is 1. The highest BCUT2D eigenvalue weighted by Gasteiger charge is 2.45. The standard InChI is InChI=1S/C17H23N5O6/c23-9-11-14(25)15(26)16(27)17(28-11)22-20-12(19-21-22)8-13(24)18-7-6-10-4-2-1-3-5-10/h1-5,11,14-17,23,25-27H,6-9H2,(H,18,24). The van der Waals surface area contributed by atoms with E-state index in [2.05, 4.69) is 20.7 Å². The van der Waals surface area contributed by atoms with Gasteiger partial charge in [-0.2, -0.15) is 0 Å². The summed E-state index contributed by atoms with van der Waals surface area (Å²) < 4.78 is 5.34. The molecule has 1 fully saturated rings. The number of amides is 1. The second-order valence-electron chi connectivity index (χ2n) is 6.51. The molecule has 2 heterocycles. The van der Waals surface area contributed by atoms with Gasteiger partial charge < -0.3 is 30.5 Å². The van der Waals surface area contributed by atoms with Crippen LogP contribution in [0.3, 0.4) is 0 Å². The van der Waals surface area contributed by atoms with E-state index in [0.717, 1.165) is 10.4 Å². The van der Waals surface area contributed by atoms with Crippen molar-refractivity contribution >= 4 is 5.91 Å². The number of carbonyl (C=O) groups is 1. The van der Waals surface area contributed by atoms with Crippen molar-refractivity contribution in [2.24, 2.45) is 0 Å². The summed E-state index contributed by atoms with van der Waals surface area (Å²) in [6.07, 6.45) is -6.32. The number of aliphatic hydroxyl groups excluding tert-OH is 4. The molecular formula is C17H23N5O6. The van der Waals surface area contributed by atoms with Gasteiger partial charge in [-0.15, -0.1) is 15.0 Å². The van der Waals surface area contributed by atoms with E-state index in [1.165, 1.54) is 0 Å². The lowest BCUT2D eigenvalue weighted by atomic mass is 9.99. The summed E-state index contributed by atoms with van der Waals surface area (Å²) >= 11 is 0. The van der Waals surface area contributed by atoms with E-state index in [9.17, 15) is 25.2 Å². The third kappa shape index (κ3) is 4.69. The summed E-state index contributed by atoms with van der Waals surface area (Å²) in [6, 6.07) is 9.73. The first-order valence-electron chi connectivity index (χ1n) is 8.89. The molecule has 152 valence electrons. The maximum absolute atomic E-state index is 12.0. The topological polar surface area (TPSA) is 163 Å². The Hall–Kier alpha value is -2.44. The highest BCUT2D eigenvalue weighted by molar-refractivity contribution is 5.77. The van der Waals surface area contributed by atoms with Crippen LogP contribution in [-0.2, 0) is 22.4 Å². The number of rotatable bonds is 7. The van der Waals surface area contributed by atoms with Crippen molar-refractivity contribution in [3.05, 3.63) is 41.7 Å². The van der Waals surface area contributed by atoms with Crippen molar-refractivity contribution < 1.29 is 30.0 Å². The number of aliphatic hydroxyl groups is 4. The lowest BCUT2D eigenvalue weighted by Crippen LogP contribution is -2.56. The molecule has 1 saturated heterocycles. The number of aromatic nitrogens is 4. The zero-order valence-corrected chi connectivity index (χ0v) is 15.0. The zero-order chi connectivity index (χ0) is 20.1. The van der Waals surface area contributed by atoms with Crippen LogP contribution in [0.25, 0.3) is 0 Å². The minimum absolute atomic E-state index is 0.106. The molecule has 1 aromatic heterocycles. The van der Waals surface area contributed by atoms with Crippen LogP contribution in [0.5, 0.6) is 0 Å². The SMILES string of the molecule is O=C(Cc1nnn(C2OC(CO)C(O)C(O)C2O)n1)NCCc1ccccc1. The van der Waals surface area contributed by atoms with E-state index in [0.29, 0.717) is 13.0 Å². The Labute approximate surface area is 160 Å². The first-order valence-corrected chi connectivity index (χ1v) is 8.89. The van der Waals surface area contributed by atoms with Crippen LogP contribution >= 0.6 is 0 Å². The largest absolute Gasteiger partial charge is 0.394 e. The van der Waals surface area contributed by atoms with E-state index < -0.39 is 37.3 Å². The van der Waals surface area contributed by atoms with Crippen LogP contribution in [0.15, 0.2) is 30.3 Å². The number of nitrogens with zero attached hydrogens (tertiary/aromatic N) is 4. The maximum atomic E-state index is 12.0. The van der Waals surface area contributed by atoms with Crippen molar-refractivity contribution in [3.63, 3.8) is 0 Å². The zero-order valence-electron chi connectivity index (χ0n) is 15.0. The smallest absolute Gasteiger partial charge is 0.227 e. The second-order valence-corrected chi connectivity index (χ2v) is 6.51. The fraction of sp³-hybridized carbons (Fsp3) is 0.529. The van der Waals surface area contributed by atoms with Crippen molar-refractivity contribution in [3.8, 4) is 0 Å². The van der Waals surface area contributed by atoms with E-state index in [4.69, 9.17) is 4.74 Å². The quantitative estimate of drug-likeness (QED) is 0.343. The van der Waals surface area contributed by atoms with Gasteiger partial charge in [0.15, 0.2) is 12.1 Å². The minimum atomic E-state index is -1.55. The summed E-state index contributed by atoms with van der Waals surface area (Å²) in [5.41, 5.74) is 1.11. The molecule has 5 unspecified atom stereocenters. The number of benzene rings is 1. The Morgan fingerprint density at radius 2 is 1.89 bits per heavy atom. The molecule has 0 bridgehead atoms. The maximum Gasteiger partial charge on any atom is 0.227 e. The predicted octanol–water partition coefficient (Wildman–Crippen LogP) is -2.45. The fourth-order valence-corrected chi connectivity index (χ4v) is 2.90. The van der Waals surface area contributed by atoms with Crippen molar-refractivity contribution in [1.82, 2.24) is 25.5 Å². The molecular weight excluding hydrogens is 370 g/mol. The summed E-state index contributed by atoms with van der Waals surface area (Å²) in [4.78, 5) is 12.9. The van der Waals surface area contributed by atoms with Gasteiger partial charge in [-0.1, -0.05) is 30.3 Å². The van der Waals surface area contributed by atoms with E-state index in [1.807, 2.05) is 30.3 Å². The van der Waals surface area contributed by atoms with Crippen molar-refractivity contribution in [2.45, 2.75) is 43.5 Å². The van der Waals surface area contributed by atoms with E-state index in [1.54, 1.807) is 0 Å². The van der Waals surface area contributed by atoms with Crippen LogP contribution in [0.1, 0.15) is 17.6 Å². The van der Waals surface area contributed by atoms with Gasteiger partial charge in [0, 0.05) is 6.54 Å². The number of hydrogen-bond acceptors (Lipinski definition) is 9. The Balaban J connectivity index is 1.54. The molecule has 11 nitrogen and oxygen atoms in total. The van der Waals surface area contributed by atoms with E-state index >= 15 is 0 Å². The molecule has 11 heteroatoms. The molecule has 1 amide bonds. The van der Waals surface area contributed by atoms with Crippen molar-refractivity contribution in [2.75, 3.05) is 13.2 Å². The third-order valence-corrected chi connectivity index (χ3v) is 4.46. The molecule has 5 atom stereocenters. The predicted molar refractivity (Wildman–Crippen MR) is 93.7 cm³/mol. The summed E-state index contributed by atoms with van der Waals surface area (Å²) in [5.74, 6) is -0.182. The summed E-state index contributed by atoms with van der Waals surface area (Å²) in [6.45, 7) is -0.101.